The zero-order valence-electron chi connectivity index (χ0n) is 5.39. The fourth-order valence-corrected chi connectivity index (χ4v) is 1.20. The molecule has 0 aromatic carbocycles. The van der Waals surface area contributed by atoms with E-state index in [1.807, 2.05) is 0 Å². The zero-order chi connectivity index (χ0) is 8.43. The molecule has 0 spiro atoms. The van der Waals surface area contributed by atoms with Crippen molar-refractivity contribution in [3.05, 3.63) is 10.4 Å². The van der Waals surface area contributed by atoms with Crippen molar-refractivity contribution >= 4 is 30.0 Å². The first-order valence-corrected chi connectivity index (χ1v) is 3.60. The molecule has 0 atom stereocenters. The third-order valence-electron chi connectivity index (χ3n) is 0.997. The van der Waals surface area contributed by atoms with Crippen molar-refractivity contribution in [3.8, 4) is 0 Å². The maximum absolute atomic E-state index is 10.4. The van der Waals surface area contributed by atoms with Crippen LogP contribution in [0, 0.1) is 0 Å². The largest absolute Gasteiger partial charge is 0.509 e. The van der Waals surface area contributed by atoms with Gasteiger partial charge in [0, 0.05) is 5.38 Å². The van der Waals surface area contributed by atoms with Gasteiger partial charge in [-0.1, -0.05) is 0 Å². The van der Waals surface area contributed by atoms with Crippen molar-refractivity contribution in [2.75, 3.05) is 0 Å². The molecule has 1 aromatic rings. The van der Waals surface area contributed by atoms with Crippen molar-refractivity contribution in [1.82, 2.24) is 4.98 Å². The minimum atomic E-state index is -1.64. The topological polar surface area (TPSA) is 96.4 Å². The summed E-state index contributed by atoms with van der Waals surface area (Å²) in [5.74, 6) is -0.665. The Labute approximate surface area is 66.6 Å². The highest BCUT2D eigenvalue weighted by molar-refractivity contribution is 7.12. The van der Waals surface area contributed by atoms with Crippen LogP contribution in [0.2, 0.25) is 0 Å². The Kier molecular flexibility index (Phi) is 2.23. The van der Waals surface area contributed by atoms with Gasteiger partial charge < -0.3 is 15.8 Å². The van der Waals surface area contributed by atoms with E-state index in [2.05, 4.69) is 4.98 Å². The van der Waals surface area contributed by atoms with Gasteiger partial charge in [-0.25, -0.2) is 4.98 Å². The summed E-state index contributed by atoms with van der Waals surface area (Å²) in [6, 6.07) is 0. The summed E-state index contributed by atoms with van der Waals surface area (Å²) < 4.78 is 0. The van der Waals surface area contributed by atoms with E-state index in [0.717, 1.165) is 11.3 Å². The van der Waals surface area contributed by atoms with Gasteiger partial charge in [0.05, 0.1) is 5.59 Å². The molecule has 0 unspecified atom stereocenters. The normalized spacial score (nSPS) is 9.64. The third kappa shape index (κ3) is 1.76. The molecule has 58 valence electrons. The Balaban J connectivity index is 2.90. The van der Waals surface area contributed by atoms with Gasteiger partial charge in [0.15, 0.2) is 5.01 Å². The van der Waals surface area contributed by atoms with Gasteiger partial charge in [-0.15, -0.1) is 11.3 Å². The van der Waals surface area contributed by atoms with Crippen LogP contribution in [0.1, 0.15) is 9.80 Å². The van der Waals surface area contributed by atoms with Crippen LogP contribution >= 0.6 is 11.3 Å². The number of carbonyl (C=O) groups is 1. The molecular formula is C4H5BN2O3S. The summed E-state index contributed by atoms with van der Waals surface area (Å²) in [4.78, 5) is 14.0. The van der Waals surface area contributed by atoms with Crippen LogP contribution in [0.4, 0.5) is 0 Å². The standard InChI is InChI=1S/C4H5BN2O3S/c6-3(8)4-7-2(1-11-4)5(9)10/h1,9-10H,(H2,6,8). The average molecular weight is 172 g/mol. The second kappa shape index (κ2) is 2.99. The van der Waals surface area contributed by atoms with Gasteiger partial charge in [-0.3, -0.25) is 4.79 Å². The number of hydrogen-bond donors (Lipinski definition) is 3. The monoisotopic (exact) mass is 172 g/mol. The van der Waals surface area contributed by atoms with E-state index in [4.69, 9.17) is 15.8 Å². The summed E-state index contributed by atoms with van der Waals surface area (Å²) in [6.45, 7) is 0. The van der Waals surface area contributed by atoms with Crippen LogP contribution in [0.5, 0.6) is 0 Å². The van der Waals surface area contributed by atoms with E-state index in [0.29, 0.717) is 0 Å². The third-order valence-corrected chi connectivity index (χ3v) is 1.87. The number of nitrogens with zero attached hydrogens (tertiary/aromatic N) is 1. The molecule has 0 aliphatic rings. The van der Waals surface area contributed by atoms with Gasteiger partial charge in [0.2, 0.25) is 0 Å². The van der Waals surface area contributed by atoms with Crippen LogP contribution in [0.25, 0.3) is 0 Å². The lowest BCUT2D eigenvalue weighted by Gasteiger charge is -1.88. The van der Waals surface area contributed by atoms with Crippen molar-refractivity contribution in [2.45, 2.75) is 0 Å². The summed E-state index contributed by atoms with van der Waals surface area (Å²) in [5, 5.41) is 18.6. The molecule has 1 aromatic heterocycles. The quantitative estimate of drug-likeness (QED) is 0.446. The second-order valence-electron chi connectivity index (χ2n) is 1.82. The fraction of sp³-hybridized carbons (Fsp3) is 0. The Morgan fingerprint density at radius 3 is 2.64 bits per heavy atom. The lowest BCUT2D eigenvalue weighted by Crippen LogP contribution is -2.31. The van der Waals surface area contributed by atoms with Crippen LogP contribution < -0.4 is 11.3 Å². The van der Waals surface area contributed by atoms with Crippen molar-refractivity contribution < 1.29 is 14.8 Å². The Morgan fingerprint density at radius 1 is 1.73 bits per heavy atom. The molecule has 11 heavy (non-hydrogen) atoms. The van der Waals surface area contributed by atoms with Gasteiger partial charge in [-0.05, 0) is 0 Å². The second-order valence-corrected chi connectivity index (χ2v) is 2.67. The molecule has 0 aliphatic carbocycles. The van der Waals surface area contributed by atoms with Crippen molar-refractivity contribution in [3.63, 3.8) is 0 Å². The van der Waals surface area contributed by atoms with Crippen LogP contribution in [-0.4, -0.2) is 28.1 Å². The van der Waals surface area contributed by atoms with Crippen molar-refractivity contribution in [2.24, 2.45) is 5.73 Å². The summed E-state index contributed by atoms with van der Waals surface area (Å²) in [5.41, 5.74) is 4.92. The molecule has 0 radical (unpaired) electrons. The highest BCUT2D eigenvalue weighted by Crippen LogP contribution is 2.00. The fourth-order valence-electron chi connectivity index (χ4n) is 0.518. The SMILES string of the molecule is NC(=O)c1nc(B(O)O)cs1. The van der Waals surface area contributed by atoms with Crippen molar-refractivity contribution in [1.29, 1.82) is 0 Å². The number of rotatable bonds is 2. The Morgan fingerprint density at radius 2 is 2.36 bits per heavy atom. The molecule has 0 saturated heterocycles. The predicted octanol–water partition coefficient (Wildman–Crippen LogP) is -2.08. The zero-order valence-corrected chi connectivity index (χ0v) is 6.21. The van der Waals surface area contributed by atoms with Gasteiger partial charge in [0.1, 0.15) is 0 Å². The Hall–Kier alpha value is -0.915. The van der Waals surface area contributed by atoms with E-state index < -0.39 is 13.0 Å². The highest BCUT2D eigenvalue weighted by Gasteiger charge is 2.16. The molecule has 7 heteroatoms. The maximum Gasteiger partial charge on any atom is 0.509 e. The first-order chi connectivity index (χ1) is 5.11. The average Bonchev–Trinajstić information content (AvgIpc) is 2.33. The van der Waals surface area contributed by atoms with E-state index in [1.165, 1.54) is 5.38 Å². The smallest absolute Gasteiger partial charge is 0.422 e. The van der Waals surface area contributed by atoms with E-state index in [-0.39, 0.29) is 10.6 Å². The number of amides is 1. The molecule has 5 nitrogen and oxygen atoms in total. The van der Waals surface area contributed by atoms with Gasteiger partial charge in [0.25, 0.3) is 5.91 Å². The molecule has 4 N–H and O–H groups in total. The molecular weight excluding hydrogens is 167 g/mol. The number of thiazole rings is 1. The summed E-state index contributed by atoms with van der Waals surface area (Å²) in [6.07, 6.45) is 0. The maximum atomic E-state index is 10.4. The molecule has 1 rings (SSSR count). The number of primary amides is 1. The van der Waals surface area contributed by atoms with E-state index in [1.54, 1.807) is 0 Å². The van der Waals surface area contributed by atoms with E-state index in [9.17, 15) is 4.79 Å². The minimum Gasteiger partial charge on any atom is -0.422 e. The minimum absolute atomic E-state index is 0.0452. The molecule has 0 saturated carbocycles. The Bertz CT molecular complexity index is 274. The number of nitrogens with two attached hydrogens (primary N) is 1. The summed E-state index contributed by atoms with van der Waals surface area (Å²) >= 11 is 0.980. The van der Waals surface area contributed by atoms with Crippen LogP contribution in [0.3, 0.4) is 0 Å². The molecule has 1 heterocycles. The van der Waals surface area contributed by atoms with E-state index >= 15 is 0 Å². The highest BCUT2D eigenvalue weighted by atomic mass is 32.1. The van der Waals surface area contributed by atoms with Crippen LogP contribution in [0.15, 0.2) is 5.38 Å². The molecule has 0 bridgehead atoms. The lowest BCUT2D eigenvalue weighted by atomic mass is 9.88. The number of carbonyl (C=O) groups excluding carboxylic acids is 1. The van der Waals surface area contributed by atoms with Gasteiger partial charge >= 0.3 is 7.12 Å². The molecule has 0 aliphatic heterocycles. The number of aromatic nitrogens is 1. The molecule has 0 fully saturated rings. The first kappa shape index (κ1) is 8.18. The molecule has 1 amide bonds. The first-order valence-electron chi connectivity index (χ1n) is 2.72. The lowest BCUT2D eigenvalue weighted by molar-refractivity contribution is 0.1000. The number of hydrogen-bond acceptors (Lipinski definition) is 5. The summed E-state index contributed by atoms with van der Waals surface area (Å²) in [7, 11) is -1.64. The predicted molar refractivity (Wildman–Crippen MR) is 40.5 cm³/mol. The van der Waals surface area contributed by atoms with Gasteiger partial charge in [-0.2, -0.15) is 0 Å². The van der Waals surface area contributed by atoms with Crippen LogP contribution in [-0.2, 0) is 0 Å².